The van der Waals surface area contributed by atoms with Gasteiger partial charge in [-0.2, -0.15) is 9.28 Å². The lowest BCUT2D eigenvalue weighted by Gasteiger charge is -2.33. The average molecular weight is 1340 g/mol. The molecule has 4 aromatic carbocycles. The van der Waals surface area contributed by atoms with Gasteiger partial charge in [-0.3, -0.25) is 19.2 Å². The maximum atomic E-state index is 13.9. The van der Waals surface area contributed by atoms with Crippen LogP contribution >= 0.6 is 0 Å². The van der Waals surface area contributed by atoms with Crippen LogP contribution in [0, 0.1) is 0 Å². The van der Waals surface area contributed by atoms with Gasteiger partial charge in [-0.1, -0.05) is 67.8 Å². The number of ether oxygens (including phenoxy) is 6. The van der Waals surface area contributed by atoms with Crippen LogP contribution in [0.15, 0.2) is 97.1 Å². The van der Waals surface area contributed by atoms with Gasteiger partial charge in [-0.25, -0.2) is 14.4 Å². The molecule has 24 nitrogen and oxygen atoms in total. The number of unbranched alkanes of at least 4 members (excludes halogenated alkanes) is 6. The Morgan fingerprint density at radius 3 is 1.15 bits per heavy atom. The number of urea groups is 2. The number of carbonyl (C=O) groups excluding carboxylic acids is 8. The smallest absolute Gasteiger partial charge is 0.436 e. The lowest BCUT2D eigenvalue weighted by Crippen LogP contribution is -2.50. The molecule has 96 heavy (non-hydrogen) atoms. The average Bonchev–Trinajstić information content (AvgIpc) is 0.761. The summed E-state index contributed by atoms with van der Waals surface area (Å²) in [5.74, 6) is -1.89. The predicted molar refractivity (Wildman–Crippen MR) is 365 cm³/mol. The van der Waals surface area contributed by atoms with Crippen LogP contribution in [0.2, 0.25) is 0 Å². The quantitative estimate of drug-likeness (QED) is 0.0113. The van der Waals surface area contributed by atoms with Crippen molar-refractivity contribution in [1.82, 2.24) is 31.1 Å². The van der Waals surface area contributed by atoms with E-state index in [9.17, 15) is 58.8 Å². The van der Waals surface area contributed by atoms with E-state index in [4.69, 9.17) is 28.4 Å². The van der Waals surface area contributed by atoms with Crippen LogP contribution in [0.1, 0.15) is 193 Å². The van der Waals surface area contributed by atoms with Gasteiger partial charge in [0.1, 0.15) is 33.8 Å². The first kappa shape index (κ1) is 80.9. The minimum absolute atomic E-state index is 0.223. The first-order valence-electron chi connectivity index (χ1n) is 33.0. The number of quaternary nitrogens is 1. The van der Waals surface area contributed by atoms with Crippen molar-refractivity contribution in [3.63, 3.8) is 0 Å². The molecule has 6 amide bonds. The van der Waals surface area contributed by atoms with Crippen molar-refractivity contribution in [1.29, 1.82) is 0 Å². The Labute approximate surface area is 565 Å². The molecule has 4 rings (SSSR count). The van der Waals surface area contributed by atoms with E-state index in [0.717, 1.165) is 25.7 Å². The van der Waals surface area contributed by atoms with Crippen LogP contribution in [0.3, 0.4) is 0 Å². The van der Waals surface area contributed by atoms with Crippen molar-refractivity contribution in [3.8, 4) is 0 Å². The number of aliphatic hydroxyl groups is 4. The summed E-state index contributed by atoms with van der Waals surface area (Å²) in [6.45, 7) is 22.0. The minimum Gasteiger partial charge on any atom is -0.436 e. The van der Waals surface area contributed by atoms with Gasteiger partial charge < -0.3 is 75.4 Å². The normalized spacial score (nSPS) is 13.4. The maximum absolute atomic E-state index is 13.9. The Balaban J connectivity index is 1.04. The molecular weight excluding hydrogens is 1240 g/mol. The number of nitrogens with zero attached hydrogens (tertiary/aromatic N) is 1. The molecule has 24 heteroatoms. The number of hydrogen-bond donors (Lipinski definition) is 9. The second-order valence-electron chi connectivity index (χ2n) is 26.5. The number of carbonyl (C=O) groups is 8. The zero-order valence-electron chi connectivity index (χ0n) is 58.3. The number of amides is 6. The van der Waals surface area contributed by atoms with Crippen molar-refractivity contribution in [2.24, 2.45) is 0 Å². The van der Waals surface area contributed by atoms with E-state index in [1.54, 1.807) is 97.1 Å². The highest BCUT2D eigenvalue weighted by atomic mass is 16.6. The van der Waals surface area contributed by atoms with E-state index in [-0.39, 0.29) is 78.4 Å². The molecule has 0 saturated heterocycles. The molecule has 0 heterocycles. The van der Waals surface area contributed by atoms with Gasteiger partial charge in [0.15, 0.2) is 29.2 Å². The molecule has 0 aliphatic heterocycles. The van der Waals surface area contributed by atoms with Crippen molar-refractivity contribution in [2.45, 2.75) is 187 Å². The van der Waals surface area contributed by atoms with E-state index < -0.39 is 68.3 Å². The van der Waals surface area contributed by atoms with Crippen molar-refractivity contribution in [2.75, 3.05) is 72.9 Å². The summed E-state index contributed by atoms with van der Waals surface area (Å²) in [4.78, 5) is 103. The predicted octanol–water partition coefficient (Wildman–Crippen LogP) is 9.76. The van der Waals surface area contributed by atoms with Gasteiger partial charge >= 0.3 is 24.2 Å². The zero-order valence-corrected chi connectivity index (χ0v) is 58.3. The molecule has 0 aromatic heterocycles. The fourth-order valence-electron chi connectivity index (χ4n) is 10.1. The molecule has 0 radical (unpaired) electrons. The molecule has 0 aliphatic rings. The van der Waals surface area contributed by atoms with E-state index in [0.29, 0.717) is 94.2 Å². The first-order chi connectivity index (χ1) is 45.1. The fraction of sp³-hybridized carbons (Fsp3) is 0.556. The van der Waals surface area contributed by atoms with Gasteiger partial charge in [0, 0.05) is 66.2 Å². The maximum Gasteiger partial charge on any atom is 0.526 e. The Morgan fingerprint density at radius 1 is 0.427 bits per heavy atom. The van der Waals surface area contributed by atoms with Crippen LogP contribution in [0.5, 0.6) is 0 Å². The molecule has 0 spiro atoms. The van der Waals surface area contributed by atoms with Crippen LogP contribution < -0.4 is 31.1 Å². The molecule has 0 aliphatic carbocycles. The zero-order chi connectivity index (χ0) is 71.4. The number of nitrogens with one attached hydrogen (secondary N) is 5. The SMILES string of the molecule is COC(=O)[N+](CCCCCCNC(=O)NC(C)COC(C)COC(C)COCCOCC(C)NC(=O)NCCCCCCNC(=O)OC(c1ccc(C(=O)C(C)(C)O)cc1)c1ccc(C(=O)C(C)(C)O)cc1)(c1ccc(C(=O)C(C)(C)O)cc1)c1ccc(C(=O)C(C)(C)O)cc1. The van der Waals surface area contributed by atoms with Crippen LogP contribution in [-0.4, -0.2) is 187 Å². The Hall–Kier alpha value is -7.52. The van der Waals surface area contributed by atoms with Crippen LogP contribution in [0.25, 0.3) is 0 Å². The van der Waals surface area contributed by atoms with E-state index in [2.05, 4.69) is 26.6 Å². The summed E-state index contributed by atoms with van der Waals surface area (Å²) in [5.41, 5.74) is -3.14. The van der Waals surface area contributed by atoms with E-state index >= 15 is 0 Å². The highest BCUT2D eigenvalue weighted by Gasteiger charge is 2.44. The molecule has 0 fully saturated rings. The summed E-state index contributed by atoms with van der Waals surface area (Å²) in [6.07, 6.45) is 2.96. The molecule has 4 aromatic rings. The number of benzene rings is 4. The summed E-state index contributed by atoms with van der Waals surface area (Å²) in [6, 6.07) is 24.4. The monoisotopic (exact) mass is 1340 g/mol. The Kier molecular flexibility index (Phi) is 32.4. The number of methoxy groups -OCH3 is 1. The standard InChI is InChI=1S/C72H104N6O18/c1-48(76-65(83)73-38-18-14-15-20-40-75-67(85)96-60(52-22-26-54(27-23-52)61(79)69(5,6)87)53-24-28-55(29-25-53)62(80)70(7,8)88)44-92-42-43-93-46-50(3)95-47-51(4)94-45-49(2)77-66(84)74-39-19-16-17-21-41-78(68(86)91-13,58-34-30-56(31-35-58)63(81)71(9,10)89)59-36-32-57(33-37-59)64(82)72(11,12)90/h22-37,48-51,60,87-90H,14-21,38-47H2,1-13H3,(H4-,73,74,75,76,77,83,84,85)/p+1. The number of ketones is 4. The third-order valence-electron chi connectivity index (χ3n) is 15.5. The second kappa shape index (κ2) is 38.4. The summed E-state index contributed by atoms with van der Waals surface area (Å²) in [5, 5.41) is 55.4. The lowest BCUT2D eigenvalue weighted by molar-refractivity contribution is -0.0644. The molecule has 0 bridgehead atoms. The number of alkyl carbamates (subject to hydrolysis) is 1. The molecule has 530 valence electrons. The van der Waals surface area contributed by atoms with Crippen molar-refractivity contribution < 1.29 is 87.2 Å². The third-order valence-corrected chi connectivity index (χ3v) is 15.5. The number of Topliss-reactive ketones (excluding diaryl/α,β-unsaturated/α-hetero) is 4. The molecule has 9 N–H and O–H groups in total. The highest BCUT2D eigenvalue weighted by Crippen LogP contribution is 2.38. The largest absolute Gasteiger partial charge is 0.526 e. The molecular formula is C72H105N6O18+. The fourth-order valence-corrected chi connectivity index (χ4v) is 10.1. The Morgan fingerprint density at radius 2 is 0.760 bits per heavy atom. The van der Waals surface area contributed by atoms with E-state index in [1.165, 1.54) is 62.5 Å². The number of rotatable bonds is 42. The Bertz CT molecular complexity index is 2970. The summed E-state index contributed by atoms with van der Waals surface area (Å²) >= 11 is 0. The van der Waals surface area contributed by atoms with Gasteiger partial charge in [0.25, 0.3) is 0 Å². The second-order valence-corrected chi connectivity index (χ2v) is 26.5. The van der Waals surface area contributed by atoms with Crippen molar-refractivity contribution >= 4 is 58.8 Å². The summed E-state index contributed by atoms with van der Waals surface area (Å²) < 4.78 is 34.1. The molecule has 4 atom stereocenters. The van der Waals surface area contributed by atoms with Crippen molar-refractivity contribution in [3.05, 3.63) is 130 Å². The minimum atomic E-state index is -1.60. The highest BCUT2D eigenvalue weighted by molar-refractivity contribution is 6.04. The van der Waals surface area contributed by atoms with Gasteiger partial charge in [0.2, 0.25) is 0 Å². The van der Waals surface area contributed by atoms with Crippen LogP contribution in [0.4, 0.5) is 30.6 Å². The number of hydrogen-bond acceptors (Lipinski definition) is 18. The van der Waals surface area contributed by atoms with Gasteiger partial charge in [-0.05, 0) is 151 Å². The molecule has 4 unspecified atom stereocenters. The molecule has 0 saturated carbocycles. The van der Waals surface area contributed by atoms with Gasteiger partial charge in [0.05, 0.1) is 77.6 Å². The van der Waals surface area contributed by atoms with Crippen LogP contribution in [-0.2, 0) is 28.4 Å². The van der Waals surface area contributed by atoms with E-state index in [1.807, 2.05) is 27.7 Å². The topological polar surface area (TPSA) is 333 Å². The third kappa shape index (κ3) is 26.8. The van der Waals surface area contributed by atoms with Gasteiger partial charge in [-0.15, -0.1) is 0 Å². The summed E-state index contributed by atoms with van der Waals surface area (Å²) in [7, 11) is 1.29. The lowest BCUT2D eigenvalue weighted by atomic mass is 9.92. The first-order valence-corrected chi connectivity index (χ1v) is 33.0.